The molecule has 4 rings (SSSR count). The van der Waals surface area contributed by atoms with Crippen molar-refractivity contribution in [2.75, 3.05) is 18.5 Å². The normalized spacial score (nSPS) is 19.3. The lowest BCUT2D eigenvalue weighted by molar-refractivity contribution is 0.344. The van der Waals surface area contributed by atoms with Gasteiger partial charge in [-0.3, -0.25) is 4.39 Å². The summed E-state index contributed by atoms with van der Waals surface area (Å²) in [5.74, 6) is -1.26. The summed E-state index contributed by atoms with van der Waals surface area (Å²) < 4.78 is 42.3. The van der Waals surface area contributed by atoms with E-state index >= 15 is 0 Å². The van der Waals surface area contributed by atoms with E-state index in [0.29, 0.717) is 25.0 Å². The van der Waals surface area contributed by atoms with Crippen molar-refractivity contribution in [2.24, 2.45) is 0 Å². The fourth-order valence-corrected chi connectivity index (χ4v) is 3.93. The van der Waals surface area contributed by atoms with Crippen LogP contribution >= 0.6 is 11.6 Å². The van der Waals surface area contributed by atoms with E-state index in [-0.39, 0.29) is 34.8 Å². The van der Waals surface area contributed by atoms with Crippen LogP contribution in [0.3, 0.4) is 0 Å². The van der Waals surface area contributed by atoms with Gasteiger partial charge < -0.3 is 10.6 Å². The molecule has 1 saturated carbocycles. The molecular formula is C20H22ClF3N6. The summed E-state index contributed by atoms with van der Waals surface area (Å²) in [6.07, 6.45) is 5.56. The molecule has 1 aliphatic carbocycles. The molecule has 10 heteroatoms. The number of rotatable bonds is 7. The molecule has 3 aromatic rings. The third-order valence-electron chi connectivity index (χ3n) is 5.32. The molecule has 2 N–H and O–H groups in total. The quantitative estimate of drug-likeness (QED) is 0.535. The van der Waals surface area contributed by atoms with Gasteiger partial charge in [0.25, 0.3) is 0 Å². The number of fused-ring (bicyclic) bond motifs is 1. The summed E-state index contributed by atoms with van der Waals surface area (Å²) in [6.45, 7) is 0.361. The molecule has 30 heavy (non-hydrogen) atoms. The first-order chi connectivity index (χ1) is 14.6. The average molecular weight is 439 g/mol. The Balaban J connectivity index is 1.57. The largest absolute Gasteiger partial charge is 0.351 e. The maximum absolute atomic E-state index is 14.3. The van der Waals surface area contributed by atoms with Crippen LogP contribution < -0.4 is 10.6 Å². The van der Waals surface area contributed by atoms with E-state index < -0.39 is 11.6 Å². The maximum atomic E-state index is 14.3. The van der Waals surface area contributed by atoms with Crippen LogP contribution in [0.15, 0.2) is 24.4 Å². The second-order valence-corrected chi connectivity index (χ2v) is 7.79. The van der Waals surface area contributed by atoms with Crippen LogP contribution in [0.25, 0.3) is 17.0 Å². The van der Waals surface area contributed by atoms with Gasteiger partial charge in [-0.25, -0.2) is 13.8 Å². The maximum Gasteiger partial charge on any atom is 0.228 e. The van der Waals surface area contributed by atoms with Crippen molar-refractivity contribution in [2.45, 2.75) is 44.2 Å². The van der Waals surface area contributed by atoms with E-state index in [9.17, 15) is 13.2 Å². The first-order valence-corrected chi connectivity index (χ1v) is 10.4. The van der Waals surface area contributed by atoms with Crippen LogP contribution in [-0.4, -0.2) is 44.9 Å². The molecule has 0 aliphatic heterocycles. The Morgan fingerprint density at radius 2 is 1.77 bits per heavy atom. The van der Waals surface area contributed by atoms with Gasteiger partial charge in [0.2, 0.25) is 5.95 Å². The third-order valence-corrected chi connectivity index (χ3v) is 5.58. The van der Waals surface area contributed by atoms with Crippen molar-refractivity contribution in [3.63, 3.8) is 0 Å². The number of halogens is 4. The molecule has 0 amide bonds. The average Bonchev–Trinajstić information content (AvgIpc) is 3.11. The molecule has 0 atom stereocenters. The van der Waals surface area contributed by atoms with Crippen LogP contribution in [0.5, 0.6) is 0 Å². The van der Waals surface area contributed by atoms with Gasteiger partial charge in [0.1, 0.15) is 16.7 Å². The number of nitrogens with one attached hydrogen (secondary N) is 2. The van der Waals surface area contributed by atoms with Gasteiger partial charge in [-0.05, 0) is 50.8 Å². The summed E-state index contributed by atoms with van der Waals surface area (Å²) in [5.41, 5.74) is -0.0329. The number of benzene rings is 1. The molecule has 2 heterocycles. The number of aromatic nitrogens is 4. The lowest BCUT2D eigenvalue weighted by Crippen LogP contribution is -2.37. The topological polar surface area (TPSA) is 67.1 Å². The summed E-state index contributed by atoms with van der Waals surface area (Å²) in [6, 6.07) is 4.09. The van der Waals surface area contributed by atoms with Gasteiger partial charge in [0, 0.05) is 12.1 Å². The first-order valence-electron chi connectivity index (χ1n) is 9.98. The van der Waals surface area contributed by atoms with Crippen LogP contribution in [0.4, 0.5) is 19.1 Å². The Morgan fingerprint density at radius 1 is 1.07 bits per heavy atom. The Morgan fingerprint density at radius 3 is 2.47 bits per heavy atom. The zero-order chi connectivity index (χ0) is 21.1. The zero-order valence-electron chi connectivity index (χ0n) is 16.2. The predicted molar refractivity (Wildman–Crippen MR) is 109 cm³/mol. The van der Waals surface area contributed by atoms with E-state index in [1.807, 2.05) is 0 Å². The second kappa shape index (κ2) is 9.18. The van der Waals surface area contributed by atoms with Crippen molar-refractivity contribution >= 4 is 23.2 Å². The SMILES string of the molecule is FCCCNC1CCC(Nc2nc(-c3c(F)cccc3F)nc3c(Cl)cnn23)CC1. The number of hydrogen-bond donors (Lipinski definition) is 2. The molecule has 0 saturated heterocycles. The third kappa shape index (κ3) is 4.37. The minimum atomic E-state index is -0.749. The van der Waals surface area contributed by atoms with Gasteiger partial charge in [-0.2, -0.15) is 14.6 Å². The number of alkyl halides is 1. The van der Waals surface area contributed by atoms with Gasteiger partial charge in [-0.15, -0.1) is 0 Å². The van der Waals surface area contributed by atoms with E-state index in [1.165, 1.54) is 16.8 Å². The highest BCUT2D eigenvalue weighted by atomic mass is 35.5. The van der Waals surface area contributed by atoms with E-state index in [2.05, 4.69) is 25.7 Å². The van der Waals surface area contributed by atoms with Gasteiger partial charge in [0.15, 0.2) is 11.5 Å². The van der Waals surface area contributed by atoms with E-state index in [0.717, 1.165) is 37.8 Å². The first kappa shape index (κ1) is 20.9. The van der Waals surface area contributed by atoms with Crippen molar-refractivity contribution < 1.29 is 13.2 Å². The van der Waals surface area contributed by atoms with Crippen LogP contribution in [0.2, 0.25) is 5.02 Å². The summed E-state index contributed by atoms with van der Waals surface area (Å²) in [5, 5.41) is 11.2. The second-order valence-electron chi connectivity index (χ2n) is 7.38. The molecular weight excluding hydrogens is 417 g/mol. The monoisotopic (exact) mass is 438 g/mol. The highest BCUT2D eigenvalue weighted by Crippen LogP contribution is 2.28. The van der Waals surface area contributed by atoms with Gasteiger partial charge in [0.05, 0.1) is 18.4 Å². The molecule has 0 unspecified atom stereocenters. The number of anilines is 1. The van der Waals surface area contributed by atoms with Crippen molar-refractivity contribution in [3.05, 3.63) is 41.1 Å². The lowest BCUT2D eigenvalue weighted by atomic mass is 9.91. The standard InChI is InChI=1S/C20H22ClF3N6/c21-14-11-26-30-19(14)28-18(17-15(23)3-1-4-16(17)24)29-20(30)27-13-7-5-12(6-8-13)25-10-2-9-22/h1,3-4,11-13,25H,2,5-10H2,(H,27,28,29). The highest BCUT2D eigenvalue weighted by Gasteiger charge is 2.24. The summed E-state index contributed by atoms with van der Waals surface area (Å²) in [4.78, 5) is 8.59. The summed E-state index contributed by atoms with van der Waals surface area (Å²) >= 11 is 6.18. The Labute approximate surface area is 176 Å². The molecule has 6 nitrogen and oxygen atoms in total. The zero-order valence-corrected chi connectivity index (χ0v) is 17.0. The van der Waals surface area contributed by atoms with Crippen molar-refractivity contribution in [1.29, 1.82) is 0 Å². The molecule has 1 aromatic carbocycles. The fraction of sp³-hybridized carbons (Fsp3) is 0.450. The minimum Gasteiger partial charge on any atom is -0.351 e. The number of nitrogens with zero attached hydrogens (tertiary/aromatic N) is 4. The van der Waals surface area contributed by atoms with E-state index in [1.54, 1.807) is 0 Å². The molecule has 1 aliphatic rings. The summed E-state index contributed by atoms with van der Waals surface area (Å²) in [7, 11) is 0. The van der Waals surface area contributed by atoms with Crippen LogP contribution in [-0.2, 0) is 0 Å². The molecule has 1 fully saturated rings. The highest BCUT2D eigenvalue weighted by molar-refractivity contribution is 6.33. The minimum absolute atomic E-state index is 0.0930. The van der Waals surface area contributed by atoms with Gasteiger partial charge >= 0.3 is 0 Å². The molecule has 160 valence electrons. The molecule has 0 spiro atoms. The smallest absolute Gasteiger partial charge is 0.228 e. The molecule has 2 aromatic heterocycles. The predicted octanol–water partition coefficient (Wildman–Crippen LogP) is 4.40. The Hall–Kier alpha value is -2.39. The van der Waals surface area contributed by atoms with Crippen LogP contribution in [0.1, 0.15) is 32.1 Å². The van der Waals surface area contributed by atoms with Crippen molar-refractivity contribution in [3.8, 4) is 11.4 Å². The van der Waals surface area contributed by atoms with E-state index in [4.69, 9.17) is 11.6 Å². The fourth-order valence-electron chi connectivity index (χ4n) is 3.76. The molecule has 0 bridgehead atoms. The molecule has 0 radical (unpaired) electrons. The van der Waals surface area contributed by atoms with Crippen molar-refractivity contribution in [1.82, 2.24) is 24.9 Å². The van der Waals surface area contributed by atoms with Gasteiger partial charge in [-0.1, -0.05) is 17.7 Å². The Bertz CT molecular complexity index is 999. The lowest BCUT2D eigenvalue weighted by Gasteiger charge is -2.30. The van der Waals surface area contributed by atoms with Crippen LogP contribution in [0, 0.1) is 11.6 Å². The number of hydrogen-bond acceptors (Lipinski definition) is 5. The Kier molecular flexibility index (Phi) is 6.38.